The molecule has 0 aliphatic carbocycles. The van der Waals surface area contributed by atoms with Gasteiger partial charge in [0.25, 0.3) is 5.91 Å². The molecular formula is C23H26N2O3. The van der Waals surface area contributed by atoms with Gasteiger partial charge in [-0.1, -0.05) is 12.1 Å². The third kappa shape index (κ3) is 3.17. The molecule has 1 aromatic carbocycles. The number of amides is 1. The quantitative estimate of drug-likeness (QED) is 0.595. The van der Waals surface area contributed by atoms with Crippen LogP contribution in [-0.4, -0.2) is 35.0 Å². The Labute approximate surface area is 165 Å². The standard InChI is InChI=1S/C23H26N2O3/c1-7-24-17(5)21(23(27)28-6)20(22(24)26)13-18-12-15(3)25(16(18)4)19-10-8-9-14(2)11-19/h8-13H,7H2,1-6H3/b20-13-. The summed E-state index contributed by atoms with van der Waals surface area (Å²) in [5, 5.41) is 0. The van der Waals surface area contributed by atoms with Gasteiger partial charge in [-0.3, -0.25) is 4.79 Å². The maximum Gasteiger partial charge on any atom is 0.340 e. The van der Waals surface area contributed by atoms with Crippen molar-refractivity contribution in [2.45, 2.75) is 34.6 Å². The van der Waals surface area contributed by atoms with Gasteiger partial charge in [-0.05, 0) is 70.0 Å². The predicted octanol–water partition coefficient (Wildman–Crippen LogP) is 4.10. The molecule has 0 saturated heterocycles. The van der Waals surface area contributed by atoms with Crippen molar-refractivity contribution < 1.29 is 14.3 Å². The first-order valence-corrected chi connectivity index (χ1v) is 9.39. The number of benzene rings is 1. The lowest BCUT2D eigenvalue weighted by atomic mass is 10.0. The minimum Gasteiger partial charge on any atom is -0.465 e. The number of hydrogen-bond acceptors (Lipinski definition) is 3. The number of aromatic nitrogens is 1. The van der Waals surface area contributed by atoms with E-state index in [1.54, 1.807) is 11.8 Å². The number of rotatable bonds is 4. The van der Waals surface area contributed by atoms with Gasteiger partial charge in [0.15, 0.2) is 0 Å². The highest BCUT2D eigenvalue weighted by Gasteiger charge is 2.36. The maximum absolute atomic E-state index is 12.9. The summed E-state index contributed by atoms with van der Waals surface area (Å²) < 4.78 is 7.09. The summed E-state index contributed by atoms with van der Waals surface area (Å²) in [6.07, 6.45) is 1.81. The number of esters is 1. The summed E-state index contributed by atoms with van der Waals surface area (Å²) in [6, 6.07) is 10.3. The van der Waals surface area contributed by atoms with Crippen LogP contribution in [0.3, 0.4) is 0 Å². The van der Waals surface area contributed by atoms with Crippen LogP contribution in [0, 0.1) is 20.8 Å². The minimum atomic E-state index is -0.486. The van der Waals surface area contributed by atoms with Crippen molar-refractivity contribution in [2.24, 2.45) is 0 Å². The van der Waals surface area contributed by atoms with Gasteiger partial charge in [-0.25, -0.2) is 4.79 Å². The molecule has 0 bridgehead atoms. The Bertz CT molecular complexity index is 1020. The Morgan fingerprint density at radius 3 is 2.46 bits per heavy atom. The number of hydrogen-bond donors (Lipinski definition) is 0. The van der Waals surface area contributed by atoms with Crippen LogP contribution < -0.4 is 0 Å². The number of allylic oxidation sites excluding steroid dienone is 1. The molecule has 1 aliphatic heterocycles. The zero-order valence-electron chi connectivity index (χ0n) is 17.3. The molecule has 0 fully saturated rings. The fourth-order valence-corrected chi connectivity index (χ4v) is 3.86. The molecule has 1 amide bonds. The number of likely N-dealkylation sites (N-methyl/N-ethyl adjacent to an activating group) is 1. The van der Waals surface area contributed by atoms with Gasteiger partial charge in [-0.2, -0.15) is 0 Å². The van der Waals surface area contributed by atoms with Crippen molar-refractivity contribution in [1.82, 2.24) is 9.47 Å². The Kier molecular flexibility index (Phi) is 5.27. The number of ether oxygens (including phenoxy) is 1. The van der Waals surface area contributed by atoms with Crippen LogP contribution >= 0.6 is 0 Å². The van der Waals surface area contributed by atoms with E-state index in [2.05, 4.69) is 29.7 Å². The molecule has 0 spiro atoms. The number of aryl methyl sites for hydroxylation is 2. The van der Waals surface area contributed by atoms with Crippen molar-refractivity contribution in [2.75, 3.05) is 13.7 Å². The van der Waals surface area contributed by atoms with E-state index in [-0.39, 0.29) is 5.91 Å². The molecule has 3 rings (SSSR count). The summed E-state index contributed by atoms with van der Waals surface area (Å²) in [5.41, 5.74) is 6.61. The van der Waals surface area contributed by atoms with E-state index < -0.39 is 5.97 Å². The Hall–Kier alpha value is -3.08. The smallest absolute Gasteiger partial charge is 0.340 e. The molecule has 5 heteroatoms. The summed E-state index contributed by atoms with van der Waals surface area (Å²) >= 11 is 0. The van der Waals surface area contributed by atoms with Crippen LogP contribution in [-0.2, 0) is 14.3 Å². The molecule has 0 atom stereocenters. The maximum atomic E-state index is 12.9. The van der Waals surface area contributed by atoms with Gasteiger partial charge in [0.2, 0.25) is 0 Å². The van der Waals surface area contributed by atoms with Crippen LogP contribution in [0.1, 0.15) is 36.4 Å². The zero-order valence-corrected chi connectivity index (χ0v) is 17.3. The Balaban J connectivity index is 2.14. The van der Waals surface area contributed by atoms with E-state index in [4.69, 9.17) is 4.74 Å². The predicted molar refractivity (Wildman–Crippen MR) is 110 cm³/mol. The lowest BCUT2D eigenvalue weighted by Crippen LogP contribution is -2.24. The Morgan fingerprint density at radius 2 is 1.86 bits per heavy atom. The third-order valence-electron chi connectivity index (χ3n) is 5.25. The lowest BCUT2D eigenvalue weighted by molar-refractivity contribution is -0.136. The van der Waals surface area contributed by atoms with E-state index in [1.807, 2.05) is 39.0 Å². The number of methoxy groups -OCH3 is 1. The van der Waals surface area contributed by atoms with Crippen molar-refractivity contribution in [3.63, 3.8) is 0 Å². The van der Waals surface area contributed by atoms with Crippen molar-refractivity contribution in [3.8, 4) is 5.69 Å². The highest BCUT2D eigenvalue weighted by Crippen LogP contribution is 2.33. The molecule has 0 saturated carbocycles. The van der Waals surface area contributed by atoms with Crippen molar-refractivity contribution >= 4 is 18.0 Å². The highest BCUT2D eigenvalue weighted by atomic mass is 16.5. The zero-order chi connectivity index (χ0) is 20.6. The largest absolute Gasteiger partial charge is 0.465 e. The van der Waals surface area contributed by atoms with E-state index in [0.717, 1.165) is 22.6 Å². The van der Waals surface area contributed by atoms with E-state index in [0.29, 0.717) is 23.4 Å². The number of carbonyl (C=O) groups is 2. The molecular weight excluding hydrogens is 352 g/mol. The molecule has 146 valence electrons. The van der Waals surface area contributed by atoms with Gasteiger partial charge in [0.05, 0.1) is 18.3 Å². The van der Waals surface area contributed by atoms with Gasteiger partial charge in [-0.15, -0.1) is 0 Å². The van der Waals surface area contributed by atoms with Crippen LogP contribution in [0.5, 0.6) is 0 Å². The van der Waals surface area contributed by atoms with Crippen molar-refractivity contribution in [1.29, 1.82) is 0 Å². The number of nitrogens with zero attached hydrogens (tertiary/aromatic N) is 2. The summed E-state index contributed by atoms with van der Waals surface area (Å²) in [7, 11) is 1.34. The van der Waals surface area contributed by atoms with Crippen LogP contribution in [0.25, 0.3) is 11.8 Å². The van der Waals surface area contributed by atoms with E-state index in [9.17, 15) is 9.59 Å². The van der Waals surface area contributed by atoms with Gasteiger partial charge in [0.1, 0.15) is 0 Å². The highest BCUT2D eigenvalue weighted by molar-refractivity contribution is 6.16. The molecule has 0 radical (unpaired) electrons. The molecule has 0 N–H and O–H groups in total. The lowest BCUT2D eigenvalue weighted by Gasteiger charge is -2.14. The summed E-state index contributed by atoms with van der Waals surface area (Å²) in [6.45, 7) is 10.3. The fraction of sp³-hybridized carbons (Fsp3) is 0.304. The summed E-state index contributed by atoms with van der Waals surface area (Å²) in [5.74, 6) is -0.652. The van der Waals surface area contributed by atoms with E-state index in [1.165, 1.54) is 12.7 Å². The average Bonchev–Trinajstić information content (AvgIpc) is 3.07. The molecule has 1 aromatic heterocycles. The average molecular weight is 378 g/mol. The summed E-state index contributed by atoms with van der Waals surface area (Å²) in [4.78, 5) is 26.9. The SMILES string of the molecule is CCN1C(=O)/C(=C\c2cc(C)n(-c3cccc(C)c3)c2C)C(C(=O)OC)=C1C. The first kappa shape index (κ1) is 19.7. The Morgan fingerprint density at radius 1 is 1.14 bits per heavy atom. The third-order valence-corrected chi connectivity index (χ3v) is 5.25. The molecule has 28 heavy (non-hydrogen) atoms. The first-order chi connectivity index (χ1) is 13.3. The first-order valence-electron chi connectivity index (χ1n) is 9.39. The second-order valence-electron chi connectivity index (χ2n) is 7.06. The topological polar surface area (TPSA) is 51.5 Å². The monoisotopic (exact) mass is 378 g/mol. The van der Waals surface area contributed by atoms with Crippen molar-refractivity contribution in [3.05, 3.63) is 69.7 Å². The molecule has 2 heterocycles. The van der Waals surface area contributed by atoms with E-state index >= 15 is 0 Å². The minimum absolute atomic E-state index is 0.166. The second kappa shape index (κ2) is 7.50. The van der Waals surface area contributed by atoms with Gasteiger partial charge in [0, 0.05) is 29.3 Å². The van der Waals surface area contributed by atoms with Gasteiger partial charge >= 0.3 is 5.97 Å². The molecule has 5 nitrogen and oxygen atoms in total. The van der Waals surface area contributed by atoms with Crippen LogP contribution in [0.15, 0.2) is 47.2 Å². The fourth-order valence-electron chi connectivity index (χ4n) is 3.86. The molecule has 1 aliphatic rings. The van der Waals surface area contributed by atoms with Crippen LogP contribution in [0.2, 0.25) is 0 Å². The van der Waals surface area contributed by atoms with Crippen LogP contribution in [0.4, 0.5) is 0 Å². The second-order valence-corrected chi connectivity index (χ2v) is 7.06. The normalized spacial score (nSPS) is 15.7. The molecule has 2 aromatic rings. The number of carbonyl (C=O) groups excluding carboxylic acids is 2. The van der Waals surface area contributed by atoms with Gasteiger partial charge < -0.3 is 14.2 Å². The molecule has 0 unspecified atom stereocenters.